The van der Waals surface area contributed by atoms with E-state index >= 15 is 0 Å². The van der Waals surface area contributed by atoms with Crippen LogP contribution in [0.2, 0.25) is 0 Å². The van der Waals surface area contributed by atoms with Crippen molar-refractivity contribution in [2.45, 2.75) is 65.4 Å². The first-order valence-corrected chi connectivity index (χ1v) is 9.32. The van der Waals surface area contributed by atoms with Crippen LogP contribution in [0.1, 0.15) is 68.2 Å². The third-order valence-electron chi connectivity index (χ3n) is 3.89. The van der Waals surface area contributed by atoms with E-state index in [0.29, 0.717) is 28.2 Å². The summed E-state index contributed by atoms with van der Waals surface area (Å²) < 4.78 is 5.19. The summed E-state index contributed by atoms with van der Waals surface area (Å²) in [5.74, 6) is 0.461. The van der Waals surface area contributed by atoms with Gasteiger partial charge in [-0.1, -0.05) is 30.6 Å². The molecule has 1 fully saturated rings. The standard InChI is InChI=1S/C17H27N3O3S/c1-11-13(14(21)18-10-12-8-6-5-7-9-12)24-15(19-11)20-16(22)23-17(2,3)4/h12H,5-10H2,1-4H3,(H,18,21)(H,19,20,22). The molecule has 24 heavy (non-hydrogen) atoms. The first-order chi connectivity index (χ1) is 11.2. The van der Waals surface area contributed by atoms with Gasteiger partial charge in [-0.3, -0.25) is 10.1 Å². The molecule has 1 heterocycles. The second-order valence-corrected chi connectivity index (χ2v) is 8.27. The minimum atomic E-state index is -0.573. The van der Waals surface area contributed by atoms with E-state index in [1.54, 1.807) is 27.7 Å². The molecular weight excluding hydrogens is 326 g/mol. The second kappa shape index (κ2) is 7.96. The summed E-state index contributed by atoms with van der Waals surface area (Å²) in [6.07, 6.45) is 5.62. The molecule has 1 aromatic rings. The highest BCUT2D eigenvalue weighted by molar-refractivity contribution is 7.17. The normalized spacial score (nSPS) is 15.8. The van der Waals surface area contributed by atoms with Gasteiger partial charge in [-0.05, 0) is 46.5 Å². The molecule has 0 aliphatic heterocycles. The lowest BCUT2D eigenvalue weighted by molar-refractivity contribution is 0.0635. The van der Waals surface area contributed by atoms with E-state index in [4.69, 9.17) is 4.74 Å². The smallest absolute Gasteiger partial charge is 0.413 e. The predicted octanol–water partition coefficient (Wildman–Crippen LogP) is 4.11. The molecule has 1 saturated carbocycles. The highest BCUT2D eigenvalue weighted by atomic mass is 32.1. The van der Waals surface area contributed by atoms with E-state index in [0.717, 1.165) is 0 Å². The van der Waals surface area contributed by atoms with Crippen molar-refractivity contribution >= 4 is 28.5 Å². The number of ether oxygens (including phenoxy) is 1. The highest BCUT2D eigenvalue weighted by Crippen LogP contribution is 2.25. The largest absolute Gasteiger partial charge is 0.444 e. The van der Waals surface area contributed by atoms with E-state index in [9.17, 15) is 9.59 Å². The SMILES string of the molecule is Cc1nc(NC(=O)OC(C)(C)C)sc1C(=O)NCC1CCCCC1. The number of aromatic nitrogens is 1. The van der Waals surface area contributed by atoms with Crippen LogP contribution in [0.5, 0.6) is 0 Å². The van der Waals surface area contributed by atoms with Gasteiger partial charge in [-0.25, -0.2) is 9.78 Å². The fraction of sp³-hybridized carbons (Fsp3) is 0.706. The number of hydrogen-bond donors (Lipinski definition) is 2. The summed E-state index contributed by atoms with van der Waals surface area (Å²) in [6, 6.07) is 0. The number of thiazole rings is 1. The lowest BCUT2D eigenvalue weighted by atomic mass is 9.89. The van der Waals surface area contributed by atoms with E-state index in [1.165, 1.54) is 43.4 Å². The van der Waals surface area contributed by atoms with Crippen molar-refractivity contribution in [3.63, 3.8) is 0 Å². The number of nitrogens with one attached hydrogen (secondary N) is 2. The van der Waals surface area contributed by atoms with Crippen molar-refractivity contribution in [2.24, 2.45) is 5.92 Å². The monoisotopic (exact) mass is 353 g/mol. The van der Waals surface area contributed by atoms with E-state index in [1.807, 2.05) is 0 Å². The summed E-state index contributed by atoms with van der Waals surface area (Å²) in [7, 11) is 0. The third kappa shape index (κ3) is 5.78. The van der Waals surface area contributed by atoms with Crippen LogP contribution in [0.4, 0.5) is 9.93 Å². The van der Waals surface area contributed by atoms with Crippen LogP contribution in [-0.2, 0) is 4.74 Å². The van der Waals surface area contributed by atoms with Crippen molar-refractivity contribution in [3.8, 4) is 0 Å². The number of nitrogens with zero attached hydrogens (tertiary/aromatic N) is 1. The van der Waals surface area contributed by atoms with Gasteiger partial charge in [0.2, 0.25) is 0 Å². The zero-order valence-corrected chi connectivity index (χ0v) is 15.7. The van der Waals surface area contributed by atoms with Crippen molar-refractivity contribution in [3.05, 3.63) is 10.6 Å². The number of carbonyl (C=O) groups excluding carboxylic acids is 2. The fourth-order valence-corrected chi connectivity index (χ4v) is 3.63. The van der Waals surface area contributed by atoms with Crippen LogP contribution >= 0.6 is 11.3 Å². The maximum absolute atomic E-state index is 12.4. The van der Waals surface area contributed by atoms with E-state index < -0.39 is 11.7 Å². The molecule has 0 saturated heterocycles. The first-order valence-electron chi connectivity index (χ1n) is 8.50. The first kappa shape index (κ1) is 18.7. The molecule has 2 N–H and O–H groups in total. The molecule has 0 radical (unpaired) electrons. The van der Waals surface area contributed by atoms with Gasteiger partial charge in [0.05, 0.1) is 5.69 Å². The summed E-state index contributed by atoms with van der Waals surface area (Å²) in [5, 5.41) is 5.97. The lowest BCUT2D eigenvalue weighted by Crippen LogP contribution is -2.30. The van der Waals surface area contributed by atoms with Gasteiger partial charge in [0.15, 0.2) is 5.13 Å². The molecule has 2 amide bonds. The molecule has 6 nitrogen and oxygen atoms in total. The molecule has 7 heteroatoms. The van der Waals surface area contributed by atoms with Crippen molar-refractivity contribution in [1.29, 1.82) is 0 Å². The summed E-state index contributed by atoms with van der Waals surface area (Å²) >= 11 is 1.17. The topological polar surface area (TPSA) is 80.3 Å². The Kier molecular flexibility index (Phi) is 6.21. The Balaban J connectivity index is 1.90. The predicted molar refractivity (Wildman–Crippen MR) is 95.6 cm³/mol. The van der Waals surface area contributed by atoms with Crippen LogP contribution < -0.4 is 10.6 Å². The Morgan fingerprint density at radius 2 is 1.92 bits per heavy atom. The molecule has 1 aliphatic rings. The van der Waals surface area contributed by atoms with Gasteiger partial charge in [0, 0.05) is 6.54 Å². The van der Waals surface area contributed by atoms with Crippen LogP contribution in [0.3, 0.4) is 0 Å². The summed E-state index contributed by atoms with van der Waals surface area (Å²) in [4.78, 5) is 28.9. The Hall–Kier alpha value is -1.63. The summed E-state index contributed by atoms with van der Waals surface area (Å²) in [5.41, 5.74) is 0.0450. The molecule has 0 unspecified atom stereocenters. The number of amides is 2. The zero-order chi connectivity index (χ0) is 17.7. The van der Waals surface area contributed by atoms with Gasteiger partial charge in [-0.2, -0.15) is 0 Å². The van der Waals surface area contributed by atoms with Gasteiger partial charge in [0.1, 0.15) is 10.5 Å². The third-order valence-corrected chi connectivity index (χ3v) is 4.96. The number of aryl methyl sites for hydroxylation is 1. The molecule has 0 atom stereocenters. The van der Waals surface area contributed by atoms with Crippen molar-refractivity contribution in [1.82, 2.24) is 10.3 Å². The highest BCUT2D eigenvalue weighted by Gasteiger charge is 2.21. The number of anilines is 1. The molecule has 1 aromatic heterocycles. The van der Waals surface area contributed by atoms with Crippen molar-refractivity contribution < 1.29 is 14.3 Å². The Labute approximate surface area is 147 Å². The maximum atomic E-state index is 12.4. The van der Waals surface area contributed by atoms with E-state index in [2.05, 4.69) is 15.6 Å². The maximum Gasteiger partial charge on any atom is 0.413 e. The molecule has 0 spiro atoms. The average Bonchev–Trinajstić information content (AvgIpc) is 2.84. The van der Waals surface area contributed by atoms with Gasteiger partial charge >= 0.3 is 6.09 Å². The molecule has 0 aromatic carbocycles. The number of hydrogen-bond acceptors (Lipinski definition) is 5. The molecule has 2 rings (SSSR count). The van der Waals surface area contributed by atoms with E-state index in [-0.39, 0.29) is 5.91 Å². The number of rotatable bonds is 4. The van der Waals surface area contributed by atoms with Gasteiger partial charge < -0.3 is 10.1 Å². The molecule has 134 valence electrons. The Morgan fingerprint density at radius 1 is 1.25 bits per heavy atom. The van der Waals surface area contributed by atoms with Crippen molar-refractivity contribution in [2.75, 3.05) is 11.9 Å². The van der Waals surface area contributed by atoms with Crippen LogP contribution in [0, 0.1) is 12.8 Å². The minimum Gasteiger partial charge on any atom is -0.444 e. The van der Waals surface area contributed by atoms with Gasteiger partial charge in [0.25, 0.3) is 5.91 Å². The molecular formula is C17H27N3O3S. The Bertz CT molecular complexity index is 586. The molecule has 1 aliphatic carbocycles. The van der Waals surface area contributed by atoms with Crippen LogP contribution in [0.25, 0.3) is 0 Å². The quantitative estimate of drug-likeness (QED) is 0.853. The van der Waals surface area contributed by atoms with Crippen LogP contribution in [0.15, 0.2) is 0 Å². The minimum absolute atomic E-state index is 0.118. The van der Waals surface area contributed by atoms with Gasteiger partial charge in [-0.15, -0.1) is 0 Å². The number of carbonyl (C=O) groups is 2. The lowest BCUT2D eigenvalue weighted by Gasteiger charge is -2.21. The summed E-state index contributed by atoms with van der Waals surface area (Å²) in [6.45, 7) is 7.87. The van der Waals surface area contributed by atoms with Crippen LogP contribution in [-0.4, -0.2) is 29.1 Å². The Morgan fingerprint density at radius 3 is 2.54 bits per heavy atom. The molecule has 0 bridgehead atoms. The average molecular weight is 353 g/mol. The second-order valence-electron chi connectivity index (χ2n) is 7.27. The zero-order valence-electron chi connectivity index (χ0n) is 14.9. The fourth-order valence-electron chi connectivity index (χ4n) is 2.76.